The van der Waals surface area contributed by atoms with Crippen molar-refractivity contribution >= 4 is 5.82 Å². The summed E-state index contributed by atoms with van der Waals surface area (Å²) >= 11 is 0. The van der Waals surface area contributed by atoms with Gasteiger partial charge in [0.05, 0.1) is 5.56 Å². The second kappa shape index (κ2) is 4.97. The van der Waals surface area contributed by atoms with E-state index in [-0.39, 0.29) is 11.0 Å². The second-order valence-corrected chi connectivity index (χ2v) is 6.71. The normalized spacial score (nSPS) is 12.1. The van der Waals surface area contributed by atoms with Crippen LogP contribution in [0.15, 0.2) is 12.1 Å². The molecule has 98 valence electrons. The molecule has 1 heterocycles. The van der Waals surface area contributed by atoms with Crippen LogP contribution in [0.2, 0.25) is 0 Å². The molecule has 0 aliphatic carbocycles. The van der Waals surface area contributed by atoms with Crippen molar-refractivity contribution in [1.82, 2.24) is 4.98 Å². The van der Waals surface area contributed by atoms with Crippen molar-refractivity contribution in [1.29, 1.82) is 5.26 Å². The Hall–Kier alpha value is -1.56. The molecule has 3 nitrogen and oxygen atoms in total. The van der Waals surface area contributed by atoms with Crippen LogP contribution in [-0.4, -0.2) is 10.5 Å². The maximum Gasteiger partial charge on any atom is 0.144 e. The van der Waals surface area contributed by atoms with Crippen molar-refractivity contribution in [3.8, 4) is 6.07 Å². The van der Waals surface area contributed by atoms with Crippen molar-refractivity contribution in [3.63, 3.8) is 0 Å². The molecule has 0 radical (unpaired) electrons. The fraction of sp³-hybridized carbons (Fsp3) is 0.600. The van der Waals surface area contributed by atoms with Crippen molar-refractivity contribution in [2.75, 3.05) is 5.32 Å². The number of nitriles is 1. The molecule has 0 aliphatic rings. The molecule has 1 aromatic heterocycles. The highest BCUT2D eigenvalue weighted by Gasteiger charge is 2.26. The second-order valence-electron chi connectivity index (χ2n) is 6.71. The Balaban J connectivity index is 2.97. The summed E-state index contributed by atoms with van der Waals surface area (Å²) in [5.74, 6) is 0.687. The van der Waals surface area contributed by atoms with Crippen molar-refractivity contribution in [3.05, 3.63) is 23.4 Å². The van der Waals surface area contributed by atoms with E-state index in [2.05, 4.69) is 51.0 Å². The standard InChI is InChI=1S/C15H23N3/c1-11-7-8-12(9-16)13(17-11)18-15(5,6)10-14(2,3)4/h7-8H,10H2,1-6H3,(H,17,18). The lowest BCUT2D eigenvalue weighted by Crippen LogP contribution is -2.36. The van der Waals surface area contributed by atoms with Crippen molar-refractivity contribution in [2.45, 2.75) is 53.5 Å². The smallest absolute Gasteiger partial charge is 0.144 e. The molecule has 1 rings (SSSR count). The zero-order valence-electron chi connectivity index (χ0n) is 12.3. The van der Waals surface area contributed by atoms with Gasteiger partial charge in [-0.1, -0.05) is 20.8 Å². The van der Waals surface area contributed by atoms with E-state index in [1.165, 1.54) is 0 Å². The molecular formula is C15H23N3. The third-order valence-corrected chi connectivity index (χ3v) is 2.58. The molecule has 0 aliphatic heterocycles. The van der Waals surface area contributed by atoms with Crippen LogP contribution in [0.1, 0.15) is 52.3 Å². The Morgan fingerprint density at radius 1 is 1.22 bits per heavy atom. The van der Waals surface area contributed by atoms with Gasteiger partial charge in [0.15, 0.2) is 0 Å². The van der Waals surface area contributed by atoms with Crippen molar-refractivity contribution < 1.29 is 0 Å². The number of rotatable bonds is 3. The Kier molecular flexibility index (Phi) is 4.01. The van der Waals surface area contributed by atoms with Crippen LogP contribution >= 0.6 is 0 Å². The first-order valence-corrected chi connectivity index (χ1v) is 6.29. The SMILES string of the molecule is Cc1ccc(C#N)c(NC(C)(C)CC(C)(C)C)n1. The van der Waals surface area contributed by atoms with Crippen LogP contribution in [0.25, 0.3) is 0 Å². The van der Waals surface area contributed by atoms with E-state index in [4.69, 9.17) is 5.26 Å². The molecule has 0 amide bonds. The van der Waals surface area contributed by atoms with Gasteiger partial charge in [-0.2, -0.15) is 5.26 Å². The lowest BCUT2D eigenvalue weighted by atomic mass is 9.82. The minimum Gasteiger partial charge on any atom is -0.364 e. The zero-order chi connectivity index (χ0) is 14.0. The first-order valence-electron chi connectivity index (χ1n) is 6.29. The number of aryl methyl sites for hydroxylation is 1. The third kappa shape index (κ3) is 4.37. The maximum absolute atomic E-state index is 9.11. The quantitative estimate of drug-likeness (QED) is 0.879. The summed E-state index contributed by atoms with van der Waals surface area (Å²) in [6, 6.07) is 5.86. The highest BCUT2D eigenvalue weighted by molar-refractivity contribution is 5.53. The van der Waals surface area contributed by atoms with Gasteiger partial charge in [-0.05, 0) is 44.7 Å². The number of hydrogen-bond acceptors (Lipinski definition) is 3. The van der Waals surface area contributed by atoms with Crippen LogP contribution < -0.4 is 5.32 Å². The van der Waals surface area contributed by atoms with Crippen LogP contribution in [0, 0.1) is 23.7 Å². The van der Waals surface area contributed by atoms with E-state index in [0.717, 1.165) is 12.1 Å². The summed E-state index contributed by atoms with van der Waals surface area (Å²) in [5, 5.41) is 12.5. The Bertz CT molecular complexity index is 462. The summed E-state index contributed by atoms with van der Waals surface area (Å²) in [7, 11) is 0. The Morgan fingerprint density at radius 3 is 2.33 bits per heavy atom. The van der Waals surface area contributed by atoms with Gasteiger partial charge in [0.1, 0.15) is 11.9 Å². The van der Waals surface area contributed by atoms with E-state index in [9.17, 15) is 0 Å². The minimum atomic E-state index is -0.0926. The Morgan fingerprint density at radius 2 is 1.83 bits per heavy atom. The molecule has 1 aromatic rings. The lowest BCUT2D eigenvalue weighted by molar-refractivity contribution is 0.302. The zero-order valence-corrected chi connectivity index (χ0v) is 12.3. The number of nitrogens with zero attached hydrogens (tertiary/aromatic N) is 2. The van der Waals surface area contributed by atoms with E-state index >= 15 is 0 Å². The van der Waals surface area contributed by atoms with Gasteiger partial charge in [-0.15, -0.1) is 0 Å². The first kappa shape index (κ1) is 14.5. The summed E-state index contributed by atoms with van der Waals surface area (Å²) in [5.41, 5.74) is 1.66. The van der Waals surface area contributed by atoms with Gasteiger partial charge in [0, 0.05) is 11.2 Å². The topological polar surface area (TPSA) is 48.7 Å². The molecule has 3 heteroatoms. The fourth-order valence-electron chi connectivity index (χ4n) is 2.43. The Labute approximate surface area is 110 Å². The lowest BCUT2D eigenvalue weighted by Gasteiger charge is -2.34. The molecule has 0 saturated carbocycles. The fourth-order valence-corrected chi connectivity index (χ4v) is 2.43. The third-order valence-electron chi connectivity index (χ3n) is 2.58. The molecule has 0 atom stereocenters. The van der Waals surface area contributed by atoms with Crippen LogP contribution in [0.5, 0.6) is 0 Å². The molecule has 0 bridgehead atoms. The number of nitrogens with one attached hydrogen (secondary N) is 1. The van der Waals surface area contributed by atoms with Crippen molar-refractivity contribution in [2.24, 2.45) is 5.41 Å². The summed E-state index contributed by atoms with van der Waals surface area (Å²) in [6.07, 6.45) is 1.00. The van der Waals surface area contributed by atoms with Gasteiger partial charge in [0.25, 0.3) is 0 Å². The van der Waals surface area contributed by atoms with E-state index in [1.54, 1.807) is 0 Å². The number of aromatic nitrogens is 1. The molecular weight excluding hydrogens is 222 g/mol. The van der Waals surface area contributed by atoms with Crippen LogP contribution in [0.3, 0.4) is 0 Å². The number of pyridine rings is 1. The van der Waals surface area contributed by atoms with Crippen LogP contribution in [-0.2, 0) is 0 Å². The minimum absolute atomic E-state index is 0.0926. The average molecular weight is 245 g/mol. The molecule has 0 fully saturated rings. The van der Waals surface area contributed by atoms with E-state index in [1.807, 2.05) is 19.1 Å². The van der Waals surface area contributed by atoms with Gasteiger partial charge in [-0.3, -0.25) is 0 Å². The highest BCUT2D eigenvalue weighted by atomic mass is 15.0. The molecule has 1 N–H and O–H groups in total. The predicted octanol–water partition coefficient (Wildman–Crippen LogP) is 3.89. The molecule has 0 unspecified atom stereocenters. The summed E-state index contributed by atoms with van der Waals surface area (Å²) in [4.78, 5) is 4.43. The average Bonchev–Trinajstić information content (AvgIpc) is 2.13. The first-order chi connectivity index (χ1) is 8.13. The number of anilines is 1. The van der Waals surface area contributed by atoms with E-state index < -0.39 is 0 Å². The van der Waals surface area contributed by atoms with Crippen LogP contribution in [0.4, 0.5) is 5.82 Å². The van der Waals surface area contributed by atoms with Gasteiger partial charge in [-0.25, -0.2) is 4.98 Å². The predicted molar refractivity (Wildman–Crippen MR) is 75.5 cm³/mol. The van der Waals surface area contributed by atoms with E-state index in [0.29, 0.717) is 11.4 Å². The van der Waals surface area contributed by atoms with Gasteiger partial charge < -0.3 is 5.32 Å². The molecule has 0 spiro atoms. The number of hydrogen-bond donors (Lipinski definition) is 1. The van der Waals surface area contributed by atoms with Gasteiger partial charge in [0.2, 0.25) is 0 Å². The summed E-state index contributed by atoms with van der Waals surface area (Å²) in [6.45, 7) is 12.9. The molecule has 18 heavy (non-hydrogen) atoms. The molecule has 0 aromatic carbocycles. The monoisotopic (exact) mass is 245 g/mol. The molecule has 0 saturated heterocycles. The largest absolute Gasteiger partial charge is 0.364 e. The summed E-state index contributed by atoms with van der Waals surface area (Å²) < 4.78 is 0. The maximum atomic E-state index is 9.11. The highest BCUT2D eigenvalue weighted by Crippen LogP contribution is 2.30. The van der Waals surface area contributed by atoms with Gasteiger partial charge >= 0.3 is 0 Å².